The first-order valence-corrected chi connectivity index (χ1v) is 5.91. The fourth-order valence-corrected chi connectivity index (χ4v) is 2.06. The monoisotopic (exact) mass is 248 g/mol. The summed E-state index contributed by atoms with van der Waals surface area (Å²) in [6.07, 6.45) is 3.09. The van der Waals surface area contributed by atoms with Gasteiger partial charge in [-0.3, -0.25) is 4.79 Å². The fraction of sp³-hybridized carbons (Fsp3) is 0.385. The molecule has 96 valence electrons. The first kappa shape index (κ1) is 12.6. The standard InChI is InChI=1S/C13H16N2O3/c14-13(5-2-6-13)8-11(16)15-10-4-1-3-9(7-10)12(17)18/h1,3-4,7H,2,5-6,8,14H2,(H,15,16)(H,17,18). The average molecular weight is 248 g/mol. The molecule has 0 bridgehead atoms. The SMILES string of the molecule is NC1(CC(=O)Nc2cccc(C(=O)O)c2)CCC1. The molecule has 0 heterocycles. The highest BCUT2D eigenvalue weighted by molar-refractivity contribution is 5.94. The first-order valence-electron chi connectivity index (χ1n) is 5.91. The number of benzene rings is 1. The number of hydrogen-bond donors (Lipinski definition) is 3. The van der Waals surface area contributed by atoms with Gasteiger partial charge in [0.05, 0.1) is 5.56 Å². The Kier molecular flexibility index (Phi) is 3.34. The van der Waals surface area contributed by atoms with Gasteiger partial charge < -0.3 is 16.2 Å². The maximum absolute atomic E-state index is 11.8. The molecule has 5 heteroatoms. The predicted octanol–water partition coefficient (Wildman–Crippen LogP) is 1.59. The van der Waals surface area contributed by atoms with Crippen molar-refractivity contribution >= 4 is 17.6 Å². The highest BCUT2D eigenvalue weighted by Gasteiger charge is 2.34. The second-order valence-corrected chi connectivity index (χ2v) is 4.83. The average Bonchev–Trinajstić information content (AvgIpc) is 2.27. The molecule has 0 radical (unpaired) electrons. The zero-order valence-corrected chi connectivity index (χ0v) is 9.98. The van der Waals surface area contributed by atoms with E-state index in [4.69, 9.17) is 10.8 Å². The van der Waals surface area contributed by atoms with E-state index in [2.05, 4.69) is 5.32 Å². The third-order valence-corrected chi connectivity index (χ3v) is 3.26. The summed E-state index contributed by atoms with van der Waals surface area (Å²) in [5.41, 5.74) is 6.25. The highest BCUT2D eigenvalue weighted by atomic mass is 16.4. The third-order valence-electron chi connectivity index (χ3n) is 3.26. The zero-order valence-electron chi connectivity index (χ0n) is 9.98. The summed E-state index contributed by atoms with van der Waals surface area (Å²) in [6, 6.07) is 6.17. The van der Waals surface area contributed by atoms with Crippen LogP contribution in [0.2, 0.25) is 0 Å². The van der Waals surface area contributed by atoms with E-state index in [0.29, 0.717) is 5.69 Å². The molecule has 4 N–H and O–H groups in total. The lowest BCUT2D eigenvalue weighted by Crippen LogP contribution is -2.48. The molecule has 1 saturated carbocycles. The Bertz CT molecular complexity index is 481. The molecular weight excluding hydrogens is 232 g/mol. The largest absolute Gasteiger partial charge is 0.478 e. The summed E-state index contributed by atoms with van der Waals surface area (Å²) in [5, 5.41) is 11.5. The van der Waals surface area contributed by atoms with Crippen LogP contribution in [0.5, 0.6) is 0 Å². The first-order chi connectivity index (χ1) is 8.48. The van der Waals surface area contributed by atoms with Gasteiger partial charge in [-0.05, 0) is 37.5 Å². The van der Waals surface area contributed by atoms with Gasteiger partial charge in [0, 0.05) is 17.6 Å². The van der Waals surface area contributed by atoms with Crippen molar-refractivity contribution in [2.45, 2.75) is 31.2 Å². The minimum Gasteiger partial charge on any atom is -0.478 e. The van der Waals surface area contributed by atoms with Crippen LogP contribution in [-0.4, -0.2) is 22.5 Å². The van der Waals surface area contributed by atoms with Crippen LogP contribution in [0.15, 0.2) is 24.3 Å². The molecule has 1 aliphatic rings. The second-order valence-electron chi connectivity index (χ2n) is 4.83. The minimum absolute atomic E-state index is 0.152. The number of carbonyl (C=O) groups is 2. The van der Waals surface area contributed by atoms with Crippen molar-refractivity contribution in [3.05, 3.63) is 29.8 Å². The molecule has 1 aromatic rings. The number of aromatic carboxylic acids is 1. The topological polar surface area (TPSA) is 92.4 Å². The van der Waals surface area contributed by atoms with E-state index in [1.54, 1.807) is 12.1 Å². The van der Waals surface area contributed by atoms with Crippen LogP contribution in [0, 0.1) is 0 Å². The number of anilines is 1. The van der Waals surface area contributed by atoms with Crippen LogP contribution in [0.1, 0.15) is 36.0 Å². The Morgan fingerprint density at radius 3 is 2.67 bits per heavy atom. The van der Waals surface area contributed by atoms with Crippen molar-refractivity contribution in [1.82, 2.24) is 0 Å². The minimum atomic E-state index is -1.01. The molecule has 2 rings (SSSR count). The van der Waals surface area contributed by atoms with Crippen LogP contribution >= 0.6 is 0 Å². The summed E-state index contributed by atoms with van der Waals surface area (Å²) < 4.78 is 0. The summed E-state index contributed by atoms with van der Waals surface area (Å²) in [7, 11) is 0. The van der Waals surface area contributed by atoms with Crippen LogP contribution in [-0.2, 0) is 4.79 Å². The number of nitrogens with two attached hydrogens (primary N) is 1. The van der Waals surface area contributed by atoms with Gasteiger partial charge in [0.15, 0.2) is 0 Å². The normalized spacial score (nSPS) is 16.7. The molecule has 0 saturated heterocycles. The number of nitrogens with one attached hydrogen (secondary N) is 1. The van der Waals surface area contributed by atoms with Crippen molar-refractivity contribution in [3.8, 4) is 0 Å². The van der Waals surface area contributed by atoms with Crippen molar-refractivity contribution in [2.75, 3.05) is 5.32 Å². The van der Waals surface area contributed by atoms with Gasteiger partial charge in [-0.2, -0.15) is 0 Å². The molecule has 1 aliphatic carbocycles. The van der Waals surface area contributed by atoms with Gasteiger partial charge in [-0.15, -0.1) is 0 Å². The molecule has 0 aliphatic heterocycles. The van der Waals surface area contributed by atoms with E-state index in [1.807, 2.05) is 0 Å². The van der Waals surface area contributed by atoms with Gasteiger partial charge in [0.2, 0.25) is 5.91 Å². The number of carbonyl (C=O) groups excluding carboxylic acids is 1. The lowest BCUT2D eigenvalue weighted by molar-refractivity contribution is -0.118. The molecule has 0 spiro atoms. The van der Waals surface area contributed by atoms with E-state index in [1.165, 1.54) is 12.1 Å². The lowest BCUT2D eigenvalue weighted by atomic mass is 9.75. The highest BCUT2D eigenvalue weighted by Crippen LogP contribution is 2.32. The van der Waals surface area contributed by atoms with Crippen LogP contribution in [0.25, 0.3) is 0 Å². The summed E-state index contributed by atoms with van der Waals surface area (Å²) in [5.74, 6) is -1.18. The fourth-order valence-electron chi connectivity index (χ4n) is 2.06. The van der Waals surface area contributed by atoms with Crippen LogP contribution < -0.4 is 11.1 Å². The number of rotatable bonds is 4. The van der Waals surface area contributed by atoms with Gasteiger partial charge >= 0.3 is 5.97 Å². The molecule has 1 aromatic carbocycles. The molecule has 18 heavy (non-hydrogen) atoms. The summed E-state index contributed by atoms with van der Waals surface area (Å²) in [6.45, 7) is 0. The summed E-state index contributed by atoms with van der Waals surface area (Å²) >= 11 is 0. The molecule has 0 atom stereocenters. The molecular formula is C13H16N2O3. The quantitative estimate of drug-likeness (QED) is 0.754. The van der Waals surface area contributed by atoms with E-state index in [-0.39, 0.29) is 23.4 Å². The Labute approximate surface area is 105 Å². The Morgan fingerprint density at radius 1 is 1.39 bits per heavy atom. The maximum Gasteiger partial charge on any atom is 0.335 e. The van der Waals surface area contributed by atoms with Gasteiger partial charge in [0.25, 0.3) is 0 Å². The number of carboxylic acids is 1. The number of hydrogen-bond acceptors (Lipinski definition) is 3. The smallest absolute Gasteiger partial charge is 0.335 e. The van der Waals surface area contributed by atoms with Crippen molar-refractivity contribution in [1.29, 1.82) is 0 Å². The third kappa shape index (κ3) is 2.87. The van der Waals surface area contributed by atoms with E-state index >= 15 is 0 Å². The van der Waals surface area contributed by atoms with Crippen LogP contribution in [0.4, 0.5) is 5.69 Å². The maximum atomic E-state index is 11.8. The lowest BCUT2D eigenvalue weighted by Gasteiger charge is -2.37. The number of carboxylic acid groups (broad SMARTS) is 1. The van der Waals surface area contributed by atoms with E-state index in [9.17, 15) is 9.59 Å². The van der Waals surface area contributed by atoms with Gasteiger partial charge in [0.1, 0.15) is 0 Å². The molecule has 1 fully saturated rings. The van der Waals surface area contributed by atoms with Crippen LogP contribution in [0.3, 0.4) is 0 Å². The molecule has 0 aromatic heterocycles. The molecule has 1 amide bonds. The zero-order chi connectivity index (χ0) is 13.2. The molecule has 0 unspecified atom stereocenters. The van der Waals surface area contributed by atoms with E-state index in [0.717, 1.165) is 19.3 Å². The number of amides is 1. The van der Waals surface area contributed by atoms with Crippen molar-refractivity contribution < 1.29 is 14.7 Å². The van der Waals surface area contributed by atoms with E-state index < -0.39 is 5.97 Å². The Hall–Kier alpha value is -1.88. The van der Waals surface area contributed by atoms with Crippen molar-refractivity contribution in [3.63, 3.8) is 0 Å². The summed E-state index contributed by atoms with van der Waals surface area (Å²) in [4.78, 5) is 22.6. The Balaban J connectivity index is 1.98. The van der Waals surface area contributed by atoms with Crippen molar-refractivity contribution in [2.24, 2.45) is 5.73 Å². The molecule has 5 nitrogen and oxygen atoms in total. The predicted molar refractivity (Wildman–Crippen MR) is 67.4 cm³/mol. The van der Waals surface area contributed by atoms with Gasteiger partial charge in [-0.1, -0.05) is 6.07 Å². The second kappa shape index (κ2) is 4.78. The Morgan fingerprint density at radius 2 is 2.11 bits per heavy atom. The van der Waals surface area contributed by atoms with Gasteiger partial charge in [-0.25, -0.2) is 4.79 Å².